The van der Waals surface area contributed by atoms with Crippen LogP contribution < -0.4 is 5.73 Å². The molecule has 0 heterocycles. The van der Waals surface area contributed by atoms with E-state index in [4.69, 9.17) is 10.5 Å². The van der Waals surface area contributed by atoms with Crippen molar-refractivity contribution in [3.05, 3.63) is 0 Å². The Labute approximate surface area is 93.0 Å². The number of hydrogen-bond donors (Lipinski definition) is 1. The third-order valence-corrected chi connectivity index (χ3v) is 3.97. The van der Waals surface area contributed by atoms with Gasteiger partial charge in [0, 0.05) is 31.8 Å². The van der Waals surface area contributed by atoms with Gasteiger partial charge in [0.2, 0.25) is 0 Å². The van der Waals surface area contributed by atoms with Crippen molar-refractivity contribution in [3.8, 4) is 0 Å². The Morgan fingerprint density at radius 2 is 2.07 bits per heavy atom. The zero-order chi connectivity index (χ0) is 10.9. The number of ether oxygens (including phenoxy) is 1. The molecule has 0 spiro atoms. The molecule has 88 valence electrons. The molecule has 15 heavy (non-hydrogen) atoms. The second-order valence-electron chi connectivity index (χ2n) is 5.36. The molecule has 3 heteroatoms. The molecule has 0 aromatic rings. The van der Waals surface area contributed by atoms with Crippen LogP contribution in [0.5, 0.6) is 0 Å². The van der Waals surface area contributed by atoms with Gasteiger partial charge in [-0.25, -0.2) is 0 Å². The minimum absolute atomic E-state index is 0.319. The van der Waals surface area contributed by atoms with Crippen LogP contribution in [0.3, 0.4) is 0 Å². The first kappa shape index (κ1) is 11.4. The molecule has 2 fully saturated rings. The monoisotopic (exact) mass is 212 g/mol. The Balaban J connectivity index is 1.95. The minimum Gasteiger partial charge on any atom is -0.383 e. The van der Waals surface area contributed by atoms with Crippen molar-refractivity contribution in [2.24, 2.45) is 11.7 Å². The van der Waals surface area contributed by atoms with Crippen LogP contribution in [-0.4, -0.2) is 43.3 Å². The Kier molecular flexibility index (Phi) is 3.33. The fourth-order valence-electron chi connectivity index (χ4n) is 3.14. The molecule has 2 aliphatic rings. The molecule has 0 saturated heterocycles. The van der Waals surface area contributed by atoms with Crippen molar-refractivity contribution in [1.82, 2.24) is 4.90 Å². The predicted octanol–water partition coefficient (Wildman–Crippen LogP) is 1.22. The molecule has 2 N–H and O–H groups in total. The summed E-state index contributed by atoms with van der Waals surface area (Å²) in [6.45, 7) is 5.05. The highest BCUT2D eigenvalue weighted by Crippen LogP contribution is 2.46. The quantitative estimate of drug-likeness (QED) is 0.719. The molecule has 0 atom stereocenters. The van der Waals surface area contributed by atoms with Gasteiger partial charge in [0.05, 0.1) is 6.61 Å². The molecule has 2 aliphatic carbocycles. The molecule has 0 amide bonds. The zero-order valence-corrected chi connectivity index (χ0v) is 10.0. The van der Waals surface area contributed by atoms with E-state index in [0.29, 0.717) is 5.54 Å². The van der Waals surface area contributed by atoms with Gasteiger partial charge in [-0.2, -0.15) is 0 Å². The van der Waals surface area contributed by atoms with E-state index in [9.17, 15) is 0 Å². The molecular weight excluding hydrogens is 188 g/mol. The number of rotatable bonds is 6. The first-order valence-electron chi connectivity index (χ1n) is 6.17. The van der Waals surface area contributed by atoms with E-state index in [1.54, 1.807) is 7.11 Å². The number of nitrogens with two attached hydrogens (primary N) is 1. The highest BCUT2D eigenvalue weighted by molar-refractivity contribution is 5.06. The van der Waals surface area contributed by atoms with Crippen molar-refractivity contribution in [2.45, 2.75) is 44.2 Å². The van der Waals surface area contributed by atoms with Crippen molar-refractivity contribution in [2.75, 3.05) is 26.8 Å². The van der Waals surface area contributed by atoms with Gasteiger partial charge >= 0.3 is 0 Å². The maximum absolute atomic E-state index is 5.99. The van der Waals surface area contributed by atoms with Crippen molar-refractivity contribution in [1.29, 1.82) is 0 Å². The van der Waals surface area contributed by atoms with Crippen molar-refractivity contribution in [3.63, 3.8) is 0 Å². The van der Waals surface area contributed by atoms with E-state index in [-0.39, 0.29) is 0 Å². The van der Waals surface area contributed by atoms with Crippen LogP contribution in [0.1, 0.15) is 32.6 Å². The van der Waals surface area contributed by atoms with Gasteiger partial charge < -0.3 is 10.5 Å². The van der Waals surface area contributed by atoms with E-state index >= 15 is 0 Å². The molecule has 0 radical (unpaired) electrons. The zero-order valence-electron chi connectivity index (χ0n) is 10.0. The van der Waals surface area contributed by atoms with Crippen molar-refractivity contribution < 1.29 is 4.74 Å². The number of methoxy groups -OCH3 is 1. The van der Waals surface area contributed by atoms with Crippen molar-refractivity contribution >= 4 is 0 Å². The van der Waals surface area contributed by atoms with Crippen LogP contribution in [0.15, 0.2) is 0 Å². The van der Waals surface area contributed by atoms with Crippen LogP contribution in [0.25, 0.3) is 0 Å². The molecule has 0 bridgehead atoms. The average Bonchev–Trinajstić information content (AvgIpc) is 2.98. The second kappa shape index (κ2) is 4.40. The van der Waals surface area contributed by atoms with Gasteiger partial charge in [-0.05, 0) is 31.6 Å². The highest BCUT2D eigenvalue weighted by Gasteiger charge is 2.49. The number of hydrogen-bond acceptors (Lipinski definition) is 3. The van der Waals surface area contributed by atoms with E-state index in [0.717, 1.165) is 31.7 Å². The maximum Gasteiger partial charge on any atom is 0.0590 e. The Morgan fingerprint density at radius 1 is 1.40 bits per heavy atom. The van der Waals surface area contributed by atoms with Crippen LogP contribution >= 0.6 is 0 Å². The lowest BCUT2D eigenvalue weighted by Gasteiger charge is -2.53. The fourth-order valence-corrected chi connectivity index (χ4v) is 3.14. The minimum atomic E-state index is 0.319. The maximum atomic E-state index is 5.99. The topological polar surface area (TPSA) is 38.5 Å². The van der Waals surface area contributed by atoms with Gasteiger partial charge in [0.1, 0.15) is 0 Å². The van der Waals surface area contributed by atoms with Crippen LogP contribution in [0.4, 0.5) is 0 Å². The molecule has 2 saturated carbocycles. The Bertz CT molecular complexity index is 210. The third kappa shape index (κ3) is 2.19. The van der Waals surface area contributed by atoms with Gasteiger partial charge in [-0.15, -0.1) is 0 Å². The average molecular weight is 212 g/mol. The summed E-state index contributed by atoms with van der Waals surface area (Å²) < 4.78 is 5.20. The van der Waals surface area contributed by atoms with Gasteiger partial charge in [-0.3, -0.25) is 4.90 Å². The summed E-state index contributed by atoms with van der Waals surface area (Å²) in [6.07, 6.45) is 5.28. The number of nitrogens with zero attached hydrogens (tertiary/aromatic N) is 1. The van der Waals surface area contributed by atoms with Gasteiger partial charge in [-0.1, -0.05) is 6.92 Å². The summed E-state index contributed by atoms with van der Waals surface area (Å²) >= 11 is 0. The standard InChI is InChI=1S/C12H24N2O/c1-10-7-12(8-10,9-13)14(5-6-15-2)11-3-4-11/h10-11H,3-9,13H2,1-2H3. The predicted molar refractivity (Wildman–Crippen MR) is 61.8 cm³/mol. The van der Waals surface area contributed by atoms with E-state index in [2.05, 4.69) is 11.8 Å². The Morgan fingerprint density at radius 3 is 2.47 bits per heavy atom. The van der Waals surface area contributed by atoms with E-state index in [1.807, 2.05) is 0 Å². The molecule has 2 rings (SSSR count). The van der Waals surface area contributed by atoms with Gasteiger partial charge in [0.15, 0.2) is 0 Å². The van der Waals surface area contributed by atoms with E-state index in [1.165, 1.54) is 25.7 Å². The summed E-state index contributed by atoms with van der Waals surface area (Å²) in [5, 5.41) is 0. The largest absolute Gasteiger partial charge is 0.383 e. The fraction of sp³-hybridized carbons (Fsp3) is 1.00. The van der Waals surface area contributed by atoms with Gasteiger partial charge in [0.25, 0.3) is 0 Å². The molecule has 0 aromatic heterocycles. The molecule has 0 aromatic carbocycles. The van der Waals surface area contributed by atoms with E-state index < -0.39 is 0 Å². The normalized spacial score (nSPS) is 35.6. The van der Waals surface area contributed by atoms with Crippen LogP contribution in [0, 0.1) is 5.92 Å². The first-order chi connectivity index (χ1) is 7.22. The summed E-state index contributed by atoms with van der Waals surface area (Å²) in [6, 6.07) is 0.802. The SMILES string of the molecule is COCCN(C1CC1)C1(CN)CC(C)C1. The second-order valence-corrected chi connectivity index (χ2v) is 5.36. The third-order valence-electron chi connectivity index (χ3n) is 3.97. The highest BCUT2D eigenvalue weighted by atomic mass is 16.5. The first-order valence-corrected chi connectivity index (χ1v) is 6.17. The summed E-state index contributed by atoms with van der Waals surface area (Å²) in [7, 11) is 1.78. The lowest BCUT2D eigenvalue weighted by molar-refractivity contribution is -0.0307. The summed E-state index contributed by atoms with van der Waals surface area (Å²) in [4.78, 5) is 2.64. The van der Waals surface area contributed by atoms with Crippen LogP contribution in [0.2, 0.25) is 0 Å². The lowest BCUT2D eigenvalue weighted by atomic mass is 9.68. The smallest absolute Gasteiger partial charge is 0.0590 e. The molecular formula is C12H24N2O. The summed E-state index contributed by atoms with van der Waals surface area (Å²) in [5.74, 6) is 0.859. The van der Waals surface area contributed by atoms with Crippen LogP contribution in [-0.2, 0) is 4.74 Å². The summed E-state index contributed by atoms with van der Waals surface area (Å²) in [5.41, 5.74) is 6.31. The molecule has 0 unspecified atom stereocenters. The molecule has 3 nitrogen and oxygen atoms in total. The molecule has 0 aliphatic heterocycles. The lowest BCUT2D eigenvalue weighted by Crippen LogP contribution is -2.62. The Hall–Kier alpha value is -0.120.